The van der Waals surface area contributed by atoms with E-state index >= 15 is 0 Å². The summed E-state index contributed by atoms with van der Waals surface area (Å²) in [5.74, 6) is 0. The first-order valence-corrected chi connectivity index (χ1v) is 8.69. The molecule has 6 nitrogen and oxygen atoms in total. The molecule has 0 aliphatic carbocycles. The van der Waals surface area contributed by atoms with Gasteiger partial charge in [0.2, 0.25) is 0 Å². The summed E-state index contributed by atoms with van der Waals surface area (Å²) in [5, 5.41) is 0.867. The van der Waals surface area contributed by atoms with Crippen LogP contribution in [0.5, 0.6) is 0 Å². The fourth-order valence-corrected chi connectivity index (χ4v) is 3.76. The lowest BCUT2D eigenvalue weighted by Crippen LogP contribution is -2.43. The average Bonchev–Trinajstić information content (AvgIpc) is 2.48. The summed E-state index contributed by atoms with van der Waals surface area (Å²) >= 11 is 3.36. The van der Waals surface area contributed by atoms with E-state index in [9.17, 15) is 8.42 Å². The summed E-state index contributed by atoms with van der Waals surface area (Å²) in [6.45, 7) is 1.56. The zero-order chi connectivity index (χ0) is 14.9. The molecule has 1 aliphatic rings. The van der Waals surface area contributed by atoms with Crippen LogP contribution in [0.4, 0.5) is 5.69 Å². The lowest BCUT2D eigenvalue weighted by molar-refractivity contribution is 0.0733. The van der Waals surface area contributed by atoms with E-state index in [1.54, 1.807) is 18.3 Å². The van der Waals surface area contributed by atoms with Gasteiger partial charge >= 0.3 is 10.2 Å². The maximum atomic E-state index is 12.4. The first kappa shape index (κ1) is 14.7. The maximum Gasteiger partial charge on any atom is 0.301 e. The van der Waals surface area contributed by atoms with Crippen molar-refractivity contribution in [1.82, 2.24) is 9.29 Å². The lowest BCUT2D eigenvalue weighted by atomic mass is 10.2. The lowest BCUT2D eigenvalue weighted by Gasteiger charge is -2.26. The molecule has 0 unspecified atom stereocenters. The Hall–Kier alpha value is -1.22. The fraction of sp³-hybridized carbons (Fsp3) is 0.308. The SMILES string of the molecule is O=S(=O)(Nc1cccc2cc(Br)cnc12)N1CCOCC1. The molecule has 0 bridgehead atoms. The molecule has 2 aromatic rings. The van der Waals surface area contributed by atoms with Gasteiger partial charge in [-0.15, -0.1) is 0 Å². The van der Waals surface area contributed by atoms with Crippen LogP contribution in [0.1, 0.15) is 0 Å². The molecule has 0 saturated carbocycles. The Balaban J connectivity index is 1.94. The highest BCUT2D eigenvalue weighted by atomic mass is 79.9. The number of hydrogen-bond donors (Lipinski definition) is 1. The molecule has 1 aromatic carbocycles. The van der Waals surface area contributed by atoms with Crippen LogP contribution in [0.2, 0.25) is 0 Å². The second-order valence-electron chi connectivity index (χ2n) is 4.65. The van der Waals surface area contributed by atoms with E-state index < -0.39 is 10.2 Å². The molecule has 1 saturated heterocycles. The summed E-state index contributed by atoms with van der Waals surface area (Å²) < 4.78 is 34.8. The number of hydrogen-bond acceptors (Lipinski definition) is 4. The Morgan fingerprint density at radius 2 is 2.05 bits per heavy atom. The number of halogens is 1. The van der Waals surface area contributed by atoms with Gasteiger partial charge in [-0.05, 0) is 28.1 Å². The number of fused-ring (bicyclic) bond motifs is 1. The first-order valence-electron chi connectivity index (χ1n) is 6.46. The molecule has 0 radical (unpaired) electrons. The third kappa shape index (κ3) is 3.18. The van der Waals surface area contributed by atoms with E-state index in [0.717, 1.165) is 9.86 Å². The predicted octanol–water partition coefficient (Wildman–Crippen LogP) is 1.99. The molecule has 112 valence electrons. The van der Waals surface area contributed by atoms with Crippen LogP contribution in [0, 0.1) is 0 Å². The number of benzene rings is 1. The van der Waals surface area contributed by atoms with Gasteiger partial charge in [0.25, 0.3) is 0 Å². The molecule has 1 aliphatic heterocycles. The standard InChI is InChI=1S/C13H14BrN3O3S/c14-11-8-10-2-1-3-12(13(10)15-9-11)16-21(18,19)17-4-6-20-7-5-17/h1-3,8-9,16H,4-7H2. The van der Waals surface area contributed by atoms with Gasteiger partial charge in [0.15, 0.2) is 0 Å². The normalized spacial score (nSPS) is 17.0. The largest absolute Gasteiger partial charge is 0.379 e. The van der Waals surface area contributed by atoms with Crippen LogP contribution in [0.3, 0.4) is 0 Å². The topological polar surface area (TPSA) is 71.5 Å². The minimum atomic E-state index is -3.59. The van der Waals surface area contributed by atoms with Crippen LogP contribution >= 0.6 is 15.9 Å². The average molecular weight is 372 g/mol. The summed E-state index contributed by atoms with van der Waals surface area (Å²) in [5.41, 5.74) is 1.10. The van der Waals surface area contributed by atoms with Crippen molar-refractivity contribution in [2.45, 2.75) is 0 Å². The van der Waals surface area contributed by atoms with Crippen molar-refractivity contribution in [2.75, 3.05) is 31.0 Å². The van der Waals surface area contributed by atoms with E-state index in [1.165, 1.54) is 4.31 Å². The van der Waals surface area contributed by atoms with Crippen LogP contribution < -0.4 is 4.72 Å². The van der Waals surface area contributed by atoms with Gasteiger partial charge in [0, 0.05) is 29.1 Å². The number of aromatic nitrogens is 1. The smallest absolute Gasteiger partial charge is 0.301 e. The predicted molar refractivity (Wildman–Crippen MR) is 84.4 cm³/mol. The Bertz CT molecular complexity index is 760. The maximum absolute atomic E-state index is 12.4. The van der Waals surface area contributed by atoms with Gasteiger partial charge in [-0.2, -0.15) is 12.7 Å². The van der Waals surface area contributed by atoms with Gasteiger partial charge < -0.3 is 4.74 Å². The Morgan fingerprint density at radius 1 is 1.29 bits per heavy atom. The van der Waals surface area contributed by atoms with E-state index in [0.29, 0.717) is 37.5 Å². The highest BCUT2D eigenvalue weighted by Gasteiger charge is 2.24. The van der Waals surface area contributed by atoms with Crippen molar-refractivity contribution in [3.05, 3.63) is 34.9 Å². The third-order valence-corrected chi connectivity index (χ3v) is 5.18. The van der Waals surface area contributed by atoms with E-state index in [-0.39, 0.29) is 0 Å². The molecule has 0 spiro atoms. The first-order chi connectivity index (χ1) is 10.1. The van der Waals surface area contributed by atoms with Crippen molar-refractivity contribution in [3.63, 3.8) is 0 Å². The molecule has 2 heterocycles. The van der Waals surface area contributed by atoms with Gasteiger partial charge in [-0.1, -0.05) is 12.1 Å². The second-order valence-corrected chi connectivity index (χ2v) is 7.24. The summed E-state index contributed by atoms with van der Waals surface area (Å²) in [6.07, 6.45) is 1.65. The van der Waals surface area contributed by atoms with Crippen molar-refractivity contribution in [1.29, 1.82) is 0 Å². The van der Waals surface area contributed by atoms with Crippen molar-refractivity contribution < 1.29 is 13.2 Å². The van der Waals surface area contributed by atoms with Crippen LogP contribution in [0.15, 0.2) is 34.9 Å². The van der Waals surface area contributed by atoms with Crippen molar-refractivity contribution >= 4 is 42.7 Å². The number of morpholine rings is 1. The van der Waals surface area contributed by atoms with Crippen LogP contribution in [0.25, 0.3) is 10.9 Å². The Labute approximate surface area is 131 Å². The molecule has 0 atom stereocenters. The zero-order valence-electron chi connectivity index (χ0n) is 11.1. The quantitative estimate of drug-likeness (QED) is 0.895. The van der Waals surface area contributed by atoms with Gasteiger partial charge in [-0.3, -0.25) is 9.71 Å². The highest BCUT2D eigenvalue weighted by molar-refractivity contribution is 9.10. The highest BCUT2D eigenvalue weighted by Crippen LogP contribution is 2.25. The molecule has 8 heteroatoms. The zero-order valence-corrected chi connectivity index (χ0v) is 13.5. The number of pyridine rings is 1. The minimum absolute atomic E-state index is 0.360. The number of nitrogens with zero attached hydrogens (tertiary/aromatic N) is 2. The molecular formula is C13H14BrN3O3S. The van der Waals surface area contributed by atoms with E-state index in [1.807, 2.05) is 12.1 Å². The van der Waals surface area contributed by atoms with Gasteiger partial charge in [-0.25, -0.2) is 0 Å². The summed E-state index contributed by atoms with van der Waals surface area (Å²) in [6, 6.07) is 7.29. The molecule has 1 N–H and O–H groups in total. The Kier molecular flexibility index (Phi) is 4.12. The summed E-state index contributed by atoms with van der Waals surface area (Å²) in [4.78, 5) is 4.29. The van der Waals surface area contributed by atoms with Crippen molar-refractivity contribution in [2.24, 2.45) is 0 Å². The fourth-order valence-electron chi connectivity index (χ4n) is 2.21. The van der Waals surface area contributed by atoms with E-state index in [4.69, 9.17) is 4.74 Å². The summed E-state index contributed by atoms with van der Waals surface area (Å²) in [7, 11) is -3.59. The number of para-hydroxylation sites is 1. The van der Waals surface area contributed by atoms with Crippen molar-refractivity contribution in [3.8, 4) is 0 Å². The number of rotatable bonds is 3. The Morgan fingerprint density at radius 3 is 2.81 bits per heavy atom. The monoisotopic (exact) mass is 371 g/mol. The molecule has 1 fully saturated rings. The van der Waals surface area contributed by atoms with Gasteiger partial charge in [0.1, 0.15) is 0 Å². The van der Waals surface area contributed by atoms with Crippen LogP contribution in [-0.2, 0) is 14.9 Å². The molecule has 0 amide bonds. The number of nitrogens with one attached hydrogen (secondary N) is 1. The third-order valence-electron chi connectivity index (χ3n) is 3.23. The molecular weight excluding hydrogens is 358 g/mol. The molecule has 21 heavy (non-hydrogen) atoms. The minimum Gasteiger partial charge on any atom is -0.379 e. The van der Waals surface area contributed by atoms with Crippen LogP contribution in [-0.4, -0.2) is 44.0 Å². The second kappa shape index (κ2) is 5.88. The number of anilines is 1. The molecule has 3 rings (SSSR count). The molecule has 1 aromatic heterocycles. The van der Waals surface area contributed by atoms with Gasteiger partial charge in [0.05, 0.1) is 24.4 Å². The van der Waals surface area contributed by atoms with E-state index in [2.05, 4.69) is 25.6 Å². The number of ether oxygens (including phenoxy) is 1.